The van der Waals surface area contributed by atoms with Gasteiger partial charge in [-0.15, -0.1) is 0 Å². The van der Waals surface area contributed by atoms with Crippen molar-refractivity contribution in [1.29, 1.82) is 0 Å². The number of fused-ring (bicyclic) bond motifs is 1. The number of amides is 2. The molecule has 272 valence electrons. The molecule has 0 aliphatic carbocycles. The number of hydrogen-bond donors (Lipinski definition) is 8. The van der Waals surface area contributed by atoms with E-state index in [1.165, 1.54) is 13.1 Å². The van der Waals surface area contributed by atoms with Gasteiger partial charge < -0.3 is 37.4 Å². The molecule has 1 aromatic carbocycles. The Kier molecular flexibility index (Phi) is 13.9. The summed E-state index contributed by atoms with van der Waals surface area (Å²) in [6.07, 6.45) is 0.166. The molecule has 0 saturated heterocycles. The molecule has 0 bridgehead atoms. The first-order valence-electron chi connectivity index (χ1n) is 15.7. The van der Waals surface area contributed by atoms with Crippen molar-refractivity contribution in [3.05, 3.63) is 57.6 Å². The lowest BCUT2D eigenvalue weighted by Gasteiger charge is -2.20. The zero-order valence-corrected chi connectivity index (χ0v) is 27.5. The van der Waals surface area contributed by atoms with Crippen molar-refractivity contribution in [2.45, 2.75) is 64.0 Å². The van der Waals surface area contributed by atoms with Gasteiger partial charge in [0.05, 0.1) is 36.2 Å². The number of carboxylic acids is 3. The zero-order valence-electron chi connectivity index (χ0n) is 27.5. The number of carboxylic acid groups (broad SMARTS) is 3. The summed E-state index contributed by atoms with van der Waals surface area (Å²) in [5.74, 6) is -9.29. The van der Waals surface area contributed by atoms with Gasteiger partial charge in [0.2, 0.25) is 17.8 Å². The number of benzene rings is 1. The summed E-state index contributed by atoms with van der Waals surface area (Å²) in [6, 6.07) is 3.56. The van der Waals surface area contributed by atoms with Crippen LogP contribution in [0, 0.1) is 11.8 Å². The fourth-order valence-corrected chi connectivity index (χ4v) is 4.82. The molecule has 0 spiro atoms. The van der Waals surface area contributed by atoms with Crippen molar-refractivity contribution in [1.82, 2.24) is 30.6 Å². The summed E-state index contributed by atoms with van der Waals surface area (Å²) in [7, 11) is 0. The third-order valence-electron chi connectivity index (χ3n) is 7.80. The number of hydrogen-bond acceptors (Lipinski definition) is 13. The van der Waals surface area contributed by atoms with Crippen molar-refractivity contribution >= 4 is 58.4 Å². The number of carbonyl (C=O) groups excluding carboxylic acids is 4. The number of nitrogen functional groups attached to an aromatic ring is 1. The molecule has 19 heteroatoms. The molecule has 0 saturated carbocycles. The molecule has 4 unspecified atom stereocenters. The molecule has 0 radical (unpaired) electrons. The number of nitrogens with two attached hydrogens (primary N) is 2. The summed E-state index contributed by atoms with van der Waals surface area (Å²) in [5, 5.41) is 32.3. The van der Waals surface area contributed by atoms with Gasteiger partial charge in [-0.05, 0) is 24.8 Å². The van der Waals surface area contributed by atoms with Crippen LogP contribution in [-0.2, 0) is 41.6 Å². The number of H-pyrrole nitrogens is 1. The minimum atomic E-state index is -1.54. The van der Waals surface area contributed by atoms with Crippen molar-refractivity contribution in [3.8, 4) is 0 Å². The topological polar surface area (TPSA) is 328 Å². The maximum atomic E-state index is 12.9. The Bertz CT molecular complexity index is 1860. The predicted octanol–water partition coefficient (Wildman–Crippen LogP) is -0.783. The van der Waals surface area contributed by atoms with E-state index in [4.69, 9.17) is 21.7 Å². The van der Waals surface area contributed by atoms with Crippen molar-refractivity contribution in [2.75, 3.05) is 12.3 Å². The lowest BCUT2D eigenvalue weighted by Crippen LogP contribution is -2.53. The Labute approximate surface area is 289 Å². The summed E-state index contributed by atoms with van der Waals surface area (Å²) in [6.45, 7) is 0.809. The summed E-state index contributed by atoms with van der Waals surface area (Å²) < 4.78 is 0. The first kappa shape index (κ1) is 39.3. The van der Waals surface area contributed by atoms with E-state index in [0.717, 1.165) is 5.56 Å². The second-order valence-corrected chi connectivity index (χ2v) is 11.9. The van der Waals surface area contributed by atoms with E-state index in [0.29, 0.717) is 18.5 Å². The molecule has 51 heavy (non-hydrogen) atoms. The first-order valence-corrected chi connectivity index (χ1v) is 15.7. The Morgan fingerprint density at radius 2 is 1.61 bits per heavy atom. The number of aromatic amines is 1. The van der Waals surface area contributed by atoms with Gasteiger partial charge in [-0.1, -0.05) is 31.2 Å². The van der Waals surface area contributed by atoms with Gasteiger partial charge >= 0.3 is 17.9 Å². The number of aliphatic carboxylic acids is 3. The maximum absolute atomic E-state index is 12.9. The Morgan fingerprint density at radius 1 is 0.922 bits per heavy atom. The van der Waals surface area contributed by atoms with Gasteiger partial charge in [0.15, 0.2) is 22.7 Å². The predicted molar refractivity (Wildman–Crippen MR) is 177 cm³/mol. The minimum Gasteiger partial charge on any atom is -0.481 e. The highest BCUT2D eigenvalue weighted by atomic mass is 16.4. The van der Waals surface area contributed by atoms with Crippen molar-refractivity contribution in [2.24, 2.45) is 17.6 Å². The van der Waals surface area contributed by atoms with Crippen LogP contribution in [0.1, 0.15) is 60.6 Å². The standard InChI is InChI=1S/C32H38N8O11/c1-15(30(48)49)10-23(42)21(12-25(44)45)38-28(46)20(33)14-35-24(43)9-7-18(31(50)51)11-22(41)17-5-2-16(3-6-17)4-8-19-13-36-27-26(37-19)29(47)40-32(34)39-27/h2-3,5-6,13,15,18,20-21H,4,7-12,14,33H2,1H3,(H,35,43)(H,38,46)(H,44,45)(H,48,49)(H,50,51)(H3,34,36,39,40,47). The fraction of sp³-hybridized carbons (Fsp3) is 0.406. The van der Waals surface area contributed by atoms with Gasteiger partial charge in [0.25, 0.3) is 5.56 Å². The molecule has 19 nitrogen and oxygen atoms in total. The number of rotatable bonds is 20. The van der Waals surface area contributed by atoms with Crippen LogP contribution in [0.2, 0.25) is 0 Å². The number of nitrogens with zero attached hydrogens (tertiary/aromatic N) is 3. The van der Waals surface area contributed by atoms with Gasteiger partial charge in [-0.25, -0.2) is 9.97 Å². The summed E-state index contributed by atoms with van der Waals surface area (Å²) >= 11 is 0. The number of ketones is 2. The number of anilines is 1. The van der Waals surface area contributed by atoms with Crippen LogP contribution in [-0.4, -0.2) is 95.2 Å². The van der Waals surface area contributed by atoms with Crippen LogP contribution in [0.3, 0.4) is 0 Å². The maximum Gasteiger partial charge on any atom is 0.306 e. The van der Waals surface area contributed by atoms with Gasteiger partial charge in [0, 0.05) is 31.4 Å². The van der Waals surface area contributed by atoms with Crippen molar-refractivity contribution < 1.29 is 48.9 Å². The highest BCUT2D eigenvalue weighted by Gasteiger charge is 2.29. The van der Waals surface area contributed by atoms with Crippen LogP contribution >= 0.6 is 0 Å². The van der Waals surface area contributed by atoms with E-state index in [1.54, 1.807) is 24.3 Å². The quantitative estimate of drug-likeness (QED) is 0.0666. The summed E-state index contributed by atoms with van der Waals surface area (Å²) in [5.41, 5.74) is 12.6. The molecule has 0 aliphatic rings. The minimum absolute atomic E-state index is 0.0588. The normalized spacial score (nSPS) is 13.4. The first-order chi connectivity index (χ1) is 24.0. The molecule has 4 atom stereocenters. The number of aryl methyl sites for hydroxylation is 2. The largest absolute Gasteiger partial charge is 0.481 e. The van der Waals surface area contributed by atoms with Gasteiger partial charge in [-0.3, -0.25) is 43.3 Å². The molecule has 2 heterocycles. The molecule has 0 aliphatic heterocycles. The van der Waals surface area contributed by atoms with E-state index in [2.05, 4.69) is 30.6 Å². The van der Waals surface area contributed by atoms with E-state index >= 15 is 0 Å². The molecule has 3 rings (SSSR count). The Balaban J connectivity index is 1.47. The molecule has 3 aromatic rings. The fourth-order valence-electron chi connectivity index (χ4n) is 4.82. The number of carbonyl (C=O) groups is 7. The third-order valence-corrected chi connectivity index (χ3v) is 7.80. The Morgan fingerprint density at radius 3 is 2.24 bits per heavy atom. The lowest BCUT2D eigenvalue weighted by atomic mass is 9.93. The number of nitrogens with one attached hydrogen (secondary N) is 3. The van der Waals surface area contributed by atoms with E-state index in [1.807, 2.05) is 0 Å². The van der Waals surface area contributed by atoms with E-state index in [-0.39, 0.29) is 41.9 Å². The average Bonchev–Trinajstić information content (AvgIpc) is 3.07. The molecule has 10 N–H and O–H groups in total. The number of Topliss-reactive ketones (excluding diaryl/α,β-unsaturated/α-hetero) is 2. The molecule has 0 fully saturated rings. The van der Waals surface area contributed by atoms with E-state index in [9.17, 15) is 43.5 Å². The molecule has 2 amide bonds. The molecular weight excluding hydrogens is 672 g/mol. The SMILES string of the molecule is CC(CC(=O)C(CC(=O)O)NC(=O)C(N)CNC(=O)CCC(CC(=O)c1ccc(CCc2cnc3nc(N)[nH]c(=O)c3n2)cc1)C(=O)O)C(=O)O. The number of aromatic nitrogens is 4. The van der Waals surface area contributed by atoms with Crippen LogP contribution in [0.15, 0.2) is 35.3 Å². The van der Waals surface area contributed by atoms with Crippen molar-refractivity contribution in [3.63, 3.8) is 0 Å². The average molecular weight is 711 g/mol. The molecular formula is C32H38N8O11. The highest BCUT2D eigenvalue weighted by Crippen LogP contribution is 2.18. The van der Waals surface area contributed by atoms with Crippen LogP contribution in [0.5, 0.6) is 0 Å². The summed E-state index contributed by atoms with van der Waals surface area (Å²) in [4.78, 5) is 111. The third kappa shape index (κ3) is 12.1. The van der Waals surface area contributed by atoms with Gasteiger partial charge in [0.1, 0.15) is 6.04 Å². The monoisotopic (exact) mass is 710 g/mol. The second-order valence-electron chi connectivity index (χ2n) is 11.9. The highest BCUT2D eigenvalue weighted by molar-refractivity contribution is 5.98. The van der Waals surface area contributed by atoms with E-state index < -0.39 is 90.2 Å². The van der Waals surface area contributed by atoms with Crippen LogP contribution < -0.4 is 27.7 Å². The zero-order chi connectivity index (χ0) is 37.8. The molecule has 2 aromatic heterocycles. The second kappa shape index (κ2) is 18.0. The smallest absolute Gasteiger partial charge is 0.306 e. The van der Waals surface area contributed by atoms with Gasteiger partial charge in [-0.2, -0.15) is 4.98 Å². The lowest BCUT2D eigenvalue weighted by molar-refractivity contribution is -0.144. The van der Waals surface area contributed by atoms with Crippen LogP contribution in [0.25, 0.3) is 11.2 Å². The Hall–Kier alpha value is -6.11. The van der Waals surface area contributed by atoms with Crippen LogP contribution in [0.4, 0.5) is 5.95 Å².